The summed E-state index contributed by atoms with van der Waals surface area (Å²) in [6.07, 6.45) is 5.27. The fourth-order valence-electron chi connectivity index (χ4n) is 6.28. The first kappa shape index (κ1) is 30.4. The maximum Gasteiger partial charge on any atom is 0.419 e. The number of aromatic nitrogens is 3. The van der Waals surface area contributed by atoms with Gasteiger partial charge in [-0.15, -0.1) is 0 Å². The van der Waals surface area contributed by atoms with Crippen LogP contribution in [0.3, 0.4) is 0 Å². The Morgan fingerprint density at radius 3 is 2.40 bits per heavy atom. The van der Waals surface area contributed by atoms with E-state index in [1.165, 1.54) is 18.4 Å². The molecule has 228 valence electrons. The zero-order chi connectivity index (χ0) is 31.1. The van der Waals surface area contributed by atoms with Gasteiger partial charge in [0.2, 0.25) is 0 Å². The van der Waals surface area contributed by atoms with Crippen molar-refractivity contribution in [2.45, 2.75) is 71.6 Å². The standard InChI is InChI=1S/C34H42N4O5/c1-21-17-30(41-7)28(26-14-16-38(31(21)26)33(40)43-34(3,4)5)20-37-15-13-25(27-19-35-36(6)22(27)2)18-29(37)23-9-11-24(12-10-23)32(39)42-8/h9-12,14,16-17,19,25,29H,13,15,18,20H2,1-8H3/t25?,29-/m0/s1. The molecule has 1 aliphatic rings. The molecule has 4 aromatic rings. The SMILES string of the molecule is COC(=O)c1ccc([C@@H]2CC(c3cnn(C)c3C)CCN2Cc2c(OC)cc(C)c3c2ccn3C(=O)OC(C)(C)C)cc1. The van der Waals surface area contributed by atoms with Gasteiger partial charge in [0.15, 0.2) is 0 Å². The molecule has 9 nitrogen and oxygen atoms in total. The Labute approximate surface area is 253 Å². The third kappa shape index (κ3) is 6.04. The second-order valence-corrected chi connectivity index (χ2v) is 12.4. The van der Waals surface area contributed by atoms with Crippen LogP contribution >= 0.6 is 0 Å². The van der Waals surface area contributed by atoms with Crippen molar-refractivity contribution in [3.05, 3.63) is 82.3 Å². The maximum atomic E-state index is 13.1. The van der Waals surface area contributed by atoms with E-state index in [1.54, 1.807) is 17.9 Å². The van der Waals surface area contributed by atoms with Gasteiger partial charge in [-0.1, -0.05) is 12.1 Å². The van der Waals surface area contributed by atoms with Crippen molar-refractivity contribution in [2.75, 3.05) is 20.8 Å². The molecule has 1 aliphatic heterocycles. The largest absolute Gasteiger partial charge is 0.496 e. The predicted molar refractivity (Wildman–Crippen MR) is 166 cm³/mol. The number of benzene rings is 2. The number of piperidine rings is 1. The van der Waals surface area contributed by atoms with Crippen molar-refractivity contribution in [3.63, 3.8) is 0 Å². The highest BCUT2D eigenvalue weighted by Gasteiger charge is 2.33. The van der Waals surface area contributed by atoms with Gasteiger partial charge in [-0.05, 0) is 101 Å². The molecule has 0 saturated carbocycles. The van der Waals surface area contributed by atoms with Gasteiger partial charge < -0.3 is 14.2 Å². The van der Waals surface area contributed by atoms with E-state index < -0.39 is 11.7 Å². The highest BCUT2D eigenvalue weighted by atomic mass is 16.6. The van der Waals surface area contributed by atoms with E-state index in [0.29, 0.717) is 18.0 Å². The summed E-state index contributed by atoms with van der Waals surface area (Å²) in [7, 11) is 5.07. The highest BCUT2D eigenvalue weighted by molar-refractivity contribution is 5.95. The highest BCUT2D eigenvalue weighted by Crippen LogP contribution is 2.43. The molecular weight excluding hydrogens is 544 g/mol. The van der Waals surface area contributed by atoms with Crippen LogP contribution in [0.2, 0.25) is 0 Å². The summed E-state index contributed by atoms with van der Waals surface area (Å²) in [5.41, 5.74) is 6.30. The normalized spacial score (nSPS) is 17.7. The zero-order valence-electron chi connectivity index (χ0n) is 26.4. The summed E-state index contributed by atoms with van der Waals surface area (Å²) in [6.45, 7) is 11.2. The second kappa shape index (κ2) is 11.9. The number of esters is 1. The minimum absolute atomic E-state index is 0.0825. The summed E-state index contributed by atoms with van der Waals surface area (Å²) in [6, 6.07) is 11.8. The first-order valence-electron chi connectivity index (χ1n) is 14.7. The molecule has 5 rings (SSSR count). The molecule has 1 saturated heterocycles. The van der Waals surface area contributed by atoms with Crippen molar-refractivity contribution in [1.29, 1.82) is 0 Å². The Morgan fingerprint density at radius 2 is 1.79 bits per heavy atom. The summed E-state index contributed by atoms with van der Waals surface area (Å²) in [4.78, 5) is 27.8. The van der Waals surface area contributed by atoms with Crippen molar-refractivity contribution < 1.29 is 23.8 Å². The minimum Gasteiger partial charge on any atom is -0.496 e. The lowest BCUT2D eigenvalue weighted by Crippen LogP contribution is -2.36. The van der Waals surface area contributed by atoms with E-state index in [2.05, 4.69) is 16.9 Å². The summed E-state index contributed by atoms with van der Waals surface area (Å²) < 4.78 is 20.1. The minimum atomic E-state index is -0.607. The average molecular weight is 587 g/mol. The Balaban J connectivity index is 1.54. The number of rotatable bonds is 6. The molecule has 0 N–H and O–H groups in total. The van der Waals surface area contributed by atoms with E-state index >= 15 is 0 Å². The monoisotopic (exact) mass is 586 g/mol. The summed E-state index contributed by atoms with van der Waals surface area (Å²) in [5, 5.41) is 5.48. The van der Waals surface area contributed by atoms with E-state index in [1.807, 2.05) is 82.0 Å². The number of nitrogens with zero attached hydrogens (tertiary/aromatic N) is 4. The van der Waals surface area contributed by atoms with Gasteiger partial charge in [0.25, 0.3) is 0 Å². The van der Waals surface area contributed by atoms with Crippen LogP contribution in [0, 0.1) is 13.8 Å². The lowest BCUT2D eigenvalue weighted by molar-refractivity contribution is 0.0542. The van der Waals surface area contributed by atoms with Crippen LogP contribution in [-0.4, -0.2) is 57.7 Å². The van der Waals surface area contributed by atoms with Crippen LogP contribution in [0.1, 0.15) is 83.9 Å². The molecule has 2 aromatic heterocycles. The van der Waals surface area contributed by atoms with Gasteiger partial charge in [-0.2, -0.15) is 5.10 Å². The maximum absolute atomic E-state index is 13.1. The molecule has 0 radical (unpaired) electrons. The zero-order valence-corrected chi connectivity index (χ0v) is 26.4. The Kier molecular flexibility index (Phi) is 8.38. The van der Waals surface area contributed by atoms with E-state index in [-0.39, 0.29) is 12.0 Å². The van der Waals surface area contributed by atoms with Gasteiger partial charge in [0.1, 0.15) is 11.4 Å². The summed E-state index contributed by atoms with van der Waals surface area (Å²) >= 11 is 0. The average Bonchev–Trinajstić information content (AvgIpc) is 3.57. The molecule has 2 atom stereocenters. The number of hydrogen-bond acceptors (Lipinski definition) is 7. The first-order valence-corrected chi connectivity index (χ1v) is 14.7. The van der Waals surface area contributed by atoms with Crippen LogP contribution in [0.25, 0.3) is 10.9 Å². The lowest BCUT2D eigenvalue weighted by atomic mass is 9.82. The van der Waals surface area contributed by atoms with E-state index in [9.17, 15) is 9.59 Å². The molecule has 0 bridgehead atoms. The van der Waals surface area contributed by atoms with Crippen LogP contribution in [0.15, 0.2) is 48.8 Å². The summed E-state index contributed by atoms with van der Waals surface area (Å²) in [5.74, 6) is 0.789. The molecule has 2 aromatic carbocycles. The third-order valence-corrected chi connectivity index (χ3v) is 8.54. The van der Waals surface area contributed by atoms with Crippen molar-refractivity contribution >= 4 is 23.0 Å². The Bertz CT molecular complexity index is 1640. The van der Waals surface area contributed by atoms with E-state index in [4.69, 9.17) is 14.2 Å². The van der Waals surface area contributed by atoms with Gasteiger partial charge in [-0.25, -0.2) is 9.59 Å². The second-order valence-electron chi connectivity index (χ2n) is 12.4. The Morgan fingerprint density at radius 1 is 1.07 bits per heavy atom. The van der Waals surface area contributed by atoms with Crippen molar-refractivity contribution in [3.8, 4) is 5.75 Å². The third-order valence-electron chi connectivity index (χ3n) is 8.54. The number of ether oxygens (including phenoxy) is 3. The fraction of sp³-hybridized carbons (Fsp3) is 0.441. The molecule has 3 heterocycles. The Hall–Kier alpha value is -4.11. The predicted octanol–water partition coefficient (Wildman–Crippen LogP) is 6.69. The molecule has 9 heteroatoms. The number of aryl methyl sites for hydroxylation is 2. The molecule has 0 spiro atoms. The van der Waals surface area contributed by atoms with E-state index in [0.717, 1.165) is 52.7 Å². The lowest BCUT2D eigenvalue weighted by Gasteiger charge is -2.40. The number of carbonyl (C=O) groups excluding carboxylic acids is 2. The topological polar surface area (TPSA) is 87.8 Å². The molecular formula is C34H42N4O5. The van der Waals surface area contributed by atoms with Crippen LogP contribution in [-0.2, 0) is 23.1 Å². The van der Waals surface area contributed by atoms with Gasteiger partial charge in [0.05, 0.1) is 31.5 Å². The fourth-order valence-corrected chi connectivity index (χ4v) is 6.28. The molecule has 0 aliphatic carbocycles. The van der Waals surface area contributed by atoms with Crippen molar-refractivity contribution in [1.82, 2.24) is 19.2 Å². The molecule has 43 heavy (non-hydrogen) atoms. The molecule has 0 amide bonds. The number of methoxy groups -OCH3 is 2. The number of carbonyl (C=O) groups is 2. The van der Waals surface area contributed by atoms with Gasteiger partial charge >= 0.3 is 12.1 Å². The molecule has 1 fully saturated rings. The van der Waals surface area contributed by atoms with Gasteiger partial charge in [0, 0.05) is 42.5 Å². The smallest absolute Gasteiger partial charge is 0.419 e. The first-order chi connectivity index (χ1) is 20.4. The van der Waals surface area contributed by atoms with Crippen molar-refractivity contribution in [2.24, 2.45) is 7.05 Å². The quantitative estimate of drug-likeness (QED) is 0.233. The number of fused-ring (bicyclic) bond motifs is 1. The number of likely N-dealkylation sites (tertiary alicyclic amines) is 1. The molecule has 1 unspecified atom stereocenters. The van der Waals surface area contributed by atoms with Crippen LogP contribution < -0.4 is 4.74 Å². The van der Waals surface area contributed by atoms with Crippen LogP contribution in [0.4, 0.5) is 4.79 Å². The van der Waals surface area contributed by atoms with Gasteiger partial charge in [-0.3, -0.25) is 14.1 Å². The number of hydrogen-bond donors (Lipinski definition) is 0. The van der Waals surface area contributed by atoms with Crippen LogP contribution in [0.5, 0.6) is 5.75 Å².